The summed E-state index contributed by atoms with van der Waals surface area (Å²) in [7, 11) is 0. The molecule has 2 atom stereocenters. The Morgan fingerprint density at radius 3 is 2.59 bits per heavy atom. The van der Waals surface area contributed by atoms with Crippen LogP contribution in [-0.4, -0.2) is 42.5 Å². The average Bonchev–Trinajstić information content (AvgIpc) is 3.13. The molecule has 0 radical (unpaired) electrons. The monoisotopic (exact) mass is 392 g/mol. The summed E-state index contributed by atoms with van der Waals surface area (Å²) >= 11 is 0. The third-order valence-corrected chi connectivity index (χ3v) is 6.86. The largest absolute Gasteiger partial charge is 0.388 e. The fraction of sp³-hybridized carbons (Fsp3) is 0.478. The smallest absolute Gasteiger partial charge is 0.266 e. The second-order valence-electron chi connectivity index (χ2n) is 8.93. The lowest BCUT2D eigenvalue weighted by Gasteiger charge is -2.43. The van der Waals surface area contributed by atoms with E-state index in [2.05, 4.69) is 46.2 Å². The summed E-state index contributed by atoms with van der Waals surface area (Å²) in [6, 6.07) is 12.4. The van der Waals surface area contributed by atoms with Gasteiger partial charge in [-0.2, -0.15) is 5.10 Å². The molecule has 2 N–H and O–H groups in total. The molecular weight excluding hydrogens is 364 g/mol. The van der Waals surface area contributed by atoms with Crippen molar-refractivity contribution in [3.8, 4) is 0 Å². The van der Waals surface area contributed by atoms with E-state index in [1.54, 1.807) is 6.07 Å². The van der Waals surface area contributed by atoms with Gasteiger partial charge in [-0.05, 0) is 57.2 Å². The predicted molar refractivity (Wildman–Crippen MR) is 113 cm³/mol. The second kappa shape index (κ2) is 6.82. The number of aliphatic hydroxyl groups is 1. The van der Waals surface area contributed by atoms with Crippen LogP contribution < -0.4 is 5.56 Å². The zero-order valence-electron chi connectivity index (χ0n) is 17.1. The minimum absolute atomic E-state index is 0.146. The maximum absolute atomic E-state index is 12.2. The standard InChI is InChI=1S/C23H28N4O2/c1-15-7-10-22(28)27(25-15)14-23(29)11-17-8-9-18(12-23)26(17)13-21-16(2)19-5-3-4-6-20(19)24-21/h3-7,10,17-18,24,29H,8-9,11-14H2,1-2H3/t17-,18-/m0/s1. The Hall–Kier alpha value is -2.44. The number of nitrogens with zero attached hydrogens (tertiary/aromatic N) is 3. The molecule has 2 aliphatic heterocycles. The Bertz CT molecular complexity index is 1100. The summed E-state index contributed by atoms with van der Waals surface area (Å²) in [6.07, 6.45) is 3.57. The van der Waals surface area contributed by atoms with Crippen LogP contribution >= 0.6 is 0 Å². The number of benzene rings is 1. The highest BCUT2D eigenvalue weighted by molar-refractivity contribution is 5.84. The fourth-order valence-corrected chi connectivity index (χ4v) is 5.42. The van der Waals surface area contributed by atoms with Crippen LogP contribution in [0.4, 0.5) is 0 Å². The van der Waals surface area contributed by atoms with E-state index >= 15 is 0 Å². The minimum atomic E-state index is -0.873. The number of rotatable bonds is 4. The second-order valence-corrected chi connectivity index (χ2v) is 8.93. The van der Waals surface area contributed by atoms with E-state index in [0.29, 0.717) is 24.9 Å². The molecule has 0 aliphatic carbocycles. The van der Waals surface area contributed by atoms with Crippen LogP contribution in [0.5, 0.6) is 0 Å². The maximum Gasteiger partial charge on any atom is 0.266 e. The van der Waals surface area contributed by atoms with E-state index in [-0.39, 0.29) is 12.1 Å². The number of H-pyrrole nitrogens is 1. The van der Waals surface area contributed by atoms with E-state index in [1.165, 1.54) is 32.9 Å². The lowest BCUT2D eigenvalue weighted by molar-refractivity contribution is -0.0680. The van der Waals surface area contributed by atoms with Crippen molar-refractivity contribution in [2.24, 2.45) is 0 Å². The van der Waals surface area contributed by atoms with Gasteiger partial charge in [-0.25, -0.2) is 4.68 Å². The molecule has 2 bridgehead atoms. The molecule has 2 aliphatic rings. The van der Waals surface area contributed by atoms with Crippen molar-refractivity contribution in [2.45, 2.75) is 70.3 Å². The zero-order chi connectivity index (χ0) is 20.2. The van der Waals surface area contributed by atoms with Gasteiger partial charge in [0.25, 0.3) is 5.56 Å². The van der Waals surface area contributed by atoms with Crippen molar-refractivity contribution in [3.63, 3.8) is 0 Å². The Morgan fingerprint density at radius 1 is 1.14 bits per heavy atom. The Kier molecular flexibility index (Phi) is 4.37. The highest BCUT2D eigenvalue weighted by atomic mass is 16.3. The fourth-order valence-electron chi connectivity index (χ4n) is 5.42. The van der Waals surface area contributed by atoms with Crippen LogP contribution in [0.2, 0.25) is 0 Å². The van der Waals surface area contributed by atoms with Crippen molar-refractivity contribution >= 4 is 10.9 Å². The summed E-state index contributed by atoms with van der Waals surface area (Å²) in [4.78, 5) is 18.3. The molecule has 29 heavy (non-hydrogen) atoms. The van der Waals surface area contributed by atoms with Crippen LogP contribution in [0.1, 0.15) is 42.6 Å². The molecule has 152 valence electrons. The summed E-state index contributed by atoms with van der Waals surface area (Å²) in [5.74, 6) is 0. The van der Waals surface area contributed by atoms with Crippen LogP contribution in [0, 0.1) is 13.8 Å². The molecule has 6 heteroatoms. The molecular formula is C23H28N4O2. The van der Waals surface area contributed by atoms with E-state index in [9.17, 15) is 9.90 Å². The molecule has 4 heterocycles. The van der Waals surface area contributed by atoms with E-state index in [4.69, 9.17) is 0 Å². The van der Waals surface area contributed by atoms with Crippen molar-refractivity contribution in [1.29, 1.82) is 0 Å². The number of aromatic amines is 1. The lowest BCUT2D eigenvalue weighted by atomic mass is 9.85. The van der Waals surface area contributed by atoms with Gasteiger partial charge >= 0.3 is 0 Å². The molecule has 0 unspecified atom stereocenters. The molecule has 5 rings (SSSR count). The number of aromatic nitrogens is 3. The van der Waals surface area contributed by atoms with Crippen LogP contribution in [0.3, 0.4) is 0 Å². The van der Waals surface area contributed by atoms with E-state index in [1.807, 2.05) is 6.92 Å². The van der Waals surface area contributed by atoms with Crippen molar-refractivity contribution in [2.75, 3.05) is 0 Å². The SMILES string of the molecule is Cc1ccc(=O)n(CC2(O)C[C@@H]3CC[C@@H](C2)N3Cc2[nH]c3ccccc3c2C)n1. The first-order valence-electron chi connectivity index (χ1n) is 10.5. The highest BCUT2D eigenvalue weighted by Crippen LogP contribution is 2.42. The molecule has 3 aromatic rings. The summed E-state index contributed by atoms with van der Waals surface area (Å²) in [5, 5.41) is 17.0. The Labute approximate surface area is 170 Å². The minimum Gasteiger partial charge on any atom is -0.388 e. The van der Waals surface area contributed by atoms with Crippen molar-refractivity contribution < 1.29 is 5.11 Å². The first-order chi connectivity index (χ1) is 13.9. The first-order valence-corrected chi connectivity index (χ1v) is 10.5. The van der Waals surface area contributed by atoms with Crippen molar-refractivity contribution in [3.05, 3.63) is 63.7 Å². The molecule has 0 saturated carbocycles. The highest BCUT2D eigenvalue weighted by Gasteiger charge is 2.48. The van der Waals surface area contributed by atoms with Gasteiger partial charge in [-0.1, -0.05) is 18.2 Å². The number of fused-ring (bicyclic) bond motifs is 3. The number of piperidine rings is 1. The predicted octanol–water partition coefficient (Wildman–Crippen LogP) is 2.90. The number of hydrogen-bond donors (Lipinski definition) is 2. The topological polar surface area (TPSA) is 74.2 Å². The van der Waals surface area contributed by atoms with Crippen molar-refractivity contribution in [1.82, 2.24) is 19.7 Å². The Morgan fingerprint density at radius 2 is 1.86 bits per heavy atom. The number of nitrogens with one attached hydrogen (secondary N) is 1. The molecule has 2 aromatic heterocycles. The molecule has 2 saturated heterocycles. The molecule has 0 spiro atoms. The molecule has 6 nitrogen and oxygen atoms in total. The van der Waals surface area contributed by atoms with Crippen LogP contribution in [0.15, 0.2) is 41.2 Å². The van der Waals surface area contributed by atoms with E-state index in [0.717, 1.165) is 25.1 Å². The lowest BCUT2D eigenvalue weighted by Crippen LogP contribution is -2.53. The number of aryl methyl sites for hydroxylation is 2. The summed E-state index contributed by atoms with van der Waals surface area (Å²) < 4.78 is 1.44. The van der Waals surface area contributed by atoms with Gasteiger partial charge in [-0.3, -0.25) is 9.69 Å². The first kappa shape index (κ1) is 18.6. The van der Waals surface area contributed by atoms with Gasteiger partial charge in [0, 0.05) is 41.3 Å². The van der Waals surface area contributed by atoms with Gasteiger partial charge < -0.3 is 10.1 Å². The van der Waals surface area contributed by atoms with Gasteiger partial charge in [0.1, 0.15) is 0 Å². The quantitative estimate of drug-likeness (QED) is 0.716. The number of hydrogen-bond acceptors (Lipinski definition) is 4. The van der Waals surface area contributed by atoms with Gasteiger partial charge in [0.15, 0.2) is 0 Å². The maximum atomic E-state index is 12.2. The third-order valence-electron chi connectivity index (χ3n) is 6.86. The normalized spacial score (nSPS) is 27.0. The summed E-state index contributed by atoms with van der Waals surface area (Å²) in [6.45, 7) is 5.22. The summed E-state index contributed by atoms with van der Waals surface area (Å²) in [5.41, 5.74) is 3.55. The molecule has 2 fully saturated rings. The Balaban J connectivity index is 1.36. The average molecular weight is 393 g/mol. The van der Waals surface area contributed by atoms with Crippen LogP contribution in [0.25, 0.3) is 10.9 Å². The molecule has 1 aromatic carbocycles. The van der Waals surface area contributed by atoms with Crippen LogP contribution in [-0.2, 0) is 13.1 Å². The zero-order valence-corrected chi connectivity index (χ0v) is 17.1. The van der Waals surface area contributed by atoms with Gasteiger partial charge in [-0.15, -0.1) is 0 Å². The van der Waals surface area contributed by atoms with Gasteiger partial charge in [0.2, 0.25) is 0 Å². The molecule has 0 amide bonds. The van der Waals surface area contributed by atoms with E-state index < -0.39 is 5.60 Å². The third kappa shape index (κ3) is 3.30. The number of para-hydroxylation sites is 1. The van der Waals surface area contributed by atoms with Gasteiger partial charge in [0.05, 0.1) is 17.8 Å².